The van der Waals surface area contributed by atoms with E-state index in [2.05, 4.69) is 26.3 Å². The first-order valence-electron chi connectivity index (χ1n) is 15.0. The molecule has 0 bridgehead atoms. The van der Waals surface area contributed by atoms with Crippen molar-refractivity contribution in [3.63, 3.8) is 0 Å². The summed E-state index contributed by atoms with van der Waals surface area (Å²) in [4.78, 5) is 66.8. The fraction of sp³-hybridized carbons (Fsp3) is 0.600. The Morgan fingerprint density at radius 2 is 1.95 bits per heavy atom. The van der Waals surface area contributed by atoms with E-state index in [9.17, 15) is 29.1 Å². The Morgan fingerprint density at radius 1 is 1.16 bits per heavy atom. The Bertz CT molecular complexity index is 1170. The molecule has 2 aliphatic rings. The number of carbonyl (C=O) groups excluding carboxylic acids is 5. The van der Waals surface area contributed by atoms with Gasteiger partial charge in [0.05, 0.1) is 24.4 Å². The maximum atomic E-state index is 13.1. The predicted octanol–water partition coefficient (Wildman–Crippen LogP) is 1.07. The Labute approximate surface area is 251 Å². The summed E-state index contributed by atoms with van der Waals surface area (Å²) in [5, 5.41) is 21.1. The number of phenols is 1. The molecule has 1 saturated heterocycles. The maximum Gasteiger partial charge on any atom is 0.328 e. The quantitative estimate of drug-likeness (QED) is 0.155. The number of esters is 1. The molecule has 236 valence electrons. The van der Waals surface area contributed by atoms with Crippen LogP contribution in [0.1, 0.15) is 70.8 Å². The Hall–Kier alpha value is -4.16. The standard InChI is InChI=1S/C30H43N5O8/c1-3-25(37)31-14-8-7-12-23(30(41)43-19(2)16-26(38)34-22-11-6-9-15-32-28(22)40)35-27(39)20-17-33-29(42-18-20)21-10-4-5-13-24(21)36/h4-5,10,13,19-20,22-23,36H,3,6-9,11-12,14-18H2,1-2H3,(H,31,37)(H,32,40)(H,34,38)(H,35,39). The molecule has 0 aromatic heterocycles. The SMILES string of the molecule is CCC(=O)NCCCCC(NC(=O)C1CN=C(c2ccccc2O)OC1)C(=O)OC(C)CC(=O)NC1CCCCNC1=O. The molecular weight excluding hydrogens is 558 g/mol. The largest absolute Gasteiger partial charge is 0.507 e. The fourth-order valence-electron chi connectivity index (χ4n) is 4.73. The third kappa shape index (κ3) is 10.9. The van der Waals surface area contributed by atoms with Gasteiger partial charge in [-0.15, -0.1) is 0 Å². The predicted molar refractivity (Wildman–Crippen MR) is 157 cm³/mol. The maximum absolute atomic E-state index is 13.1. The molecule has 0 spiro atoms. The van der Waals surface area contributed by atoms with Gasteiger partial charge in [-0.2, -0.15) is 0 Å². The van der Waals surface area contributed by atoms with Gasteiger partial charge < -0.3 is 35.8 Å². The summed E-state index contributed by atoms with van der Waals surface area (Å²) < 4.78 is 11.2. The second kappa shape index (κ2) is 17.1. The first-order valence-corrected chi connectivity index (χ1v) is 15.0. The van der Waals surface area contributed by atoms with Crippen molar-refractivity contribution >= 4 is 35.5 Å². The van der Waals surface area contributed by atoms with Crippen LogP contribution in [0.3, 0.4) is 0 Å². The minimum atomic E-state index is -0.990. The lowest BCUT2D eigenvalue weighted by molar-refractivity contribution is -0.154. The van der Waals surface area contributed by atoms with Crippen molar-refractivity contribution < 1.29 is 38.6 Å². The lowest BCUT2D eigenvalue weighted by Gasteiger charge is -2.25. The van der Waals surface area contributed by atoms with Crippen molar-refractivity contribution in [3.8, 4) is 5.75 Å². The molecule has 1 fully saturated rings. The number of para-hydroxylation sites is 1. The molecule has 0 aliphatic carbocycles. The fourth-order valence-corrected chi connectivity index (χ4v) is 4.73. The third-order valence-electron chi connectivity index (χ3n) is 7.21. The molecule has 2 heterocycles. The van der Waals surface area contributed by atoms with E-state index in [1.54, 1.807) is 32.0 Å². The van der Waals surface area contributed by atoms with Gasteiger partial charge in [0.15, 0.2) is 0 Å². The summed E-state index contributed by atoms with van der Waals surface area (Å²) in [5.41, 5.74) is 0.427. The van der Waals surface area contributed by atoms with Crippen LogP contribution < -0.4 is 21.3 Å². The van der Waals surface area contributed by atoms with Gasteiger partial charge in [0.2, 0.25) is 29.5 Å². The lowest BCUT2D eigenvalue weighted by atomic mass is 10.1. The zero-order chi connectivity index (χ0) is 31.2. The van der Waals surface area contributed by atoms with Gasteiger partial charge in [-0.3, -0.25) is 24.2 Å². The van der Waals surface area contributed by atoms with Crippen molar-refractivity contribution in [1.82, 2.24) is 21.3 Å². The molecule has 4 amide bonds. The number of amides is 4. The lowest BCUT2D eigenvalue weighted by Crippen LogP contribution is -2.48. The number of aromatic hydroxyl groups is 1. The summed E-state index contributed by atoms with van der Waals surface area (Å²) >= 11 is 0. The summed E-state index contributed by atoms with van der Waals surface area (Å²) in [6.07, 6.45) is 3.01. The highest BCUT2D eigenvalue weighted by Crippen LogP contribution is 2.20. The van der Waals surface area contributed by atoms with E-state index in [1.165, 1.54) is 6.07 Å². The number of carbonyl (C=O) groups is 5. The van der Waals surface area contributed by atoms with E-state index in [1.807, 2.05) is 0 Å². The average Bonchev–Trinajstić information content (AvgIpc) is 3.19. The van der Waals surface area contributed by atoms with Gasteiger partial charge in [0, 0.05) is 19.5 Å². The van der Waals surface area contributed by atoms with Crippen LogP contribution in [0, 0.1) is 5.92 Å². The highest BCUT2D eigenvalue weighted by Gasteiger charge is 2.31. The molecule has 5 N–H and O–H groups in total. The van der Waals surface area contributed by atoms with Crippen molar-refractivity contribution in [2.75, 3.05) is 26.2 Å². The molecular formula is C30H43N5O8. The molecule has 0 radical (unpaired) electrons. The van der Waals surface area contributed by atoms with E-state index >= 15 is 0 Å². The van der Waals surface area contributed by atoms with Gasteiger partial charge in [-0.25, -0.2) is 4.79 Å². The Morgan fingerprint density at radius 3 is 2.67 bits per heavy atom. The third-order valence-corrected chi connectivity index (χ3v) is 7.21. The Kier molecular flexibility index (Phi) is 13.2. The summed E-state index contributed by atoms with van der Waals surface area (Å²) in [7, 11) is 0. The second-order valence-corrected chi connectivity index (χ2v) is 10.8. The van der Waals surface area contributed by atoms with Gasteiger partial charge in [-0.1, -0.05) is 19.1 Å². The van der Waals surface area contributed by atoms with Gasteiger partial charge >= 0.3 is 5.97 Å². The van der Waals surface area contributed by atoms with E-state index in [4.69, 9.17) is 9.47 Å². The number of nitrogens with zero attached hydrogens (tertiary/aromatic N) is 1. The minimum absolute atomic E-state index is 0.00906. The normalized spacial score (nSPS) is 19.8. The molecule has 1 aromatic carbocycles. The molecule has 13 nitrogen and oxygen atoms in total. The molecule has 2 aliphatic heterocycles. The molecule has 3 rings (SSSR count). The summed E-state index contributed by atoms with van der Waals surface area (Å²) in [6, 6.07) is 4.99. The molecule has 4 unspecified atom stereocenters. The van der Waals surface area contributed by atoms with Crippen LogP contribution in [0.5, 0.6) is 5.75 Å². The summed E-state index contributed by atoms with van der Waals surface area (Å²) in [5.74, 6) is -2.24. The van der Waals surface area contributed by atoms with Crippen LogP contribution in [0.25, 0.3) is 0 Å². The van der Waals surface area contributed by atoms with E-state index in [0.717, 1.165) is 12.8 Å². The van der Waals surface area contributed by atoms with Crippen molar-refractivity contribution in [1.29, 1.82) is 0 Å². The van der Waals surface area contributed by atoms with Crippen LogP contribution in [-0.2, 0) is 33.4 Å². The number of hydrogen-bond donors (Lipinski definition) is 5. The number of nitrogens with one attached hydrogen (secondary N) is 4. The van der Waals surface area contributed by atoms with Crippen LogP contribution in [-0.4, -0.2) is 85.0 Å². The van der Waals surface area contributed by atoms with E-state index < -0.39 is 41.9 Å². The van der Waals surface area contributed by atoms with Crippen molar-refractivity contribution in [3.05, 3.63) is 29.8 Å². The van der Waals surface area contributed by atoms with Crippen LogP contribution in [0.15, 0.2) is 29.3 Å². The molecule has 13 heteroatoms. The zero-order valence-corrected chi connectivity index (χ0v) is 24.9. The van der Waals surface area contributed by atoms with Gasteiger partial charge in [-0.05, 0) is 57.6 Å². The number of unbranched alkanes of at least 4 members (excludes halogenated alkanes) is 1. The van der Waals surface area contributed by atoms with Crippen molar-refractivity contribution in [2.45, 2.75) is 83.4 Å². The number of phenolic OH excluding ortho intramolecular Hbond substituents is 1. The van der Waals surface area contributed by atoms with E-state index in [-0.39, 0.29) is 49.5 Å². The molecule has 4 atom stereocenters. The summed E-state index contributed by atoms with van der Waals surface area (Å²) in [6.45, 7) is 4.46. The number of benzene rings is 1. The molecule has 43 heavy (non-hydrogen) atoms. The Balaban J connectivity index is 1.56. The van der Waals surface area contributed by atoms with Crippen LogP contribution >= 0.6 is 0 Å². The highest BCUT2D eigenvalue weighted by atomic mass is 16.5. The van der Waals surface area contributed by atoms with Gasteiger partial charge in [0.1, 0.15) is 30.5 Å². The average molecular weight is 602 g/mol. The number of ether oxygens (including phenoxy) is 2. The smallest absolute Gasteiger partial charge is 0.328 e. The first-order chi connectivity index (χ1) is 20.7. The minimum Gasteiger partial charge on any atom is -0.507 e. The molecule has 1 aromatic rings. The molecule has 0 saturated carbocycles. The topological polar surface area (TPSA) is 185 Å². The number of aliphatic imine (C=N–C) groups is 1. The van der Waals surface area contributed by atoms with Crippen LogP contribution in [0.4, 0.5) is 0 Å². The van der Waals surface area contributed by atoms with Crippen molar-refractivity contribution in [2.24, 2.45) is 10.9 Å². The number of hydrogen-bond acceptors (Lipinski definition) is 9. The van der Waals surface area contributed by atoms with Crippen LogP contribution in [0.2, 0.25) is 0 Å². The monoisotopic (exact) mass is 601 g/mol. The zero-order valence-electron chi connectivity index (χ0n) is 24.9. The van der Waals surface area contributed by atoms with Gasteiger partial charge in [0.25, 0.3) is 0 Å². The first kappa shape index (κ1) is 33.3. The number of rotatable bonds is 14. The second-order valence-electron chi connectivity index (χ2n) is 10.8. The highest BCUT2D eigenvalue weighted by molar-refractivity contribution is 5.97. The van der Waals surface area contributed by atoms with E-state index in [0.29, 0.717) is 44.3 Å².